The maximum Gasteiger partial charge on any atom is 0.229 e. The van der Waals surface area contributed by atoms with E-state index in [1.54, 1.807) is 32.0 Å². The maximum absolute atomic E-state index is 13.8. The van der Waals surface area contributed by atoms with Crippen molar-refractivity contribution < 1.29 is 17.2 Å². The Morgan fingerprint density at radius 2 is 1.70 bits per heavy atom. The molecule has 0 unspecified atom stereocenters. The predicted octanol–water partition coefficient (Wildman–Crippen LogP) is 3.82. The summed E-state index contributed by atoms with van der Waals surface area (Å²) in [5, 5.41) is 2.98. The molecule has 23 heavy (non-hydrogen) atoms. The van der Waals surface area contributed by atoms with Crippen molar-refractivity contribution in [1.82, 2.24) is 0 Å². The molecule has 0 spiro atoms. The Kier molecular flexibility index (Phi) is 4.89. The van der Waals surface area contributed by atoms with E-state index in [4.69, 9.17) is 0 Å². The standard InChI is InChI=1S/C16H18F2N2O2S/c1-10-7-8-12(9-15(10)20-23(3,21)22)19-11(2)16-13(17)5-4-6-14(16)18/h4-9,11,19-20H,1-3H3/t11-/m1/s1. The van der Waals surface area contributed by atoms with Crippen molar-refractivity contribution in [2.75, 3.05) is 16.3 Å². The molecule has 2 rings (SSSR count). The van der Waals surface area contributed by atoms with Gasteiger partial charge in [0.15, 0.2) is 0 Å². The van der Waals surface area contributed by atoms with Gasteiger partial charge in [-0.1, -0.05) is 12.1 Å². The van der Waals surface area contributed by atoms with Crippen LogP contribution in [0.5, 0.6) is 0 Å². The van der Waals surface area contributed by atoms with Gasteiger partial charge in [0.2, 0.25) is 10.0 Å². The summed E-state index contributed by atoms with van der Waals surface area (Å²) in [6.07, 6.45) is 1.06. The molecule has 0 radical (unpaired) electrons. The molecular weight excluding hydrogens is 322 g/mol. The number of rotatable bonds is 5. The van der Waals surface area contributed by atoms with Crippen molar-refractivity contribution in [3.63, 3.8) is 0 Å². The first-order valence-corrected chi connectivity index (χ1v) is 8.85. The molecule has 0 heterocycles. The van der Waals surface area contributed by atoms with E-state index < -0.39 is 27.7 Å². The monoisotopic (exact) mass is 340 g/mol. The van der Waals surface area contributed by atoms with Gasteiger partial charge in [0.1, 0.15) is 11.6 Å². The minimum atomic E-state index is -3.41. The quantitative estimate of drug-likeness (QED) is 0.870. The summed E-state index contributed by atoms with van der Waals surface area (Å²) in [5.41, 5.74) is 1.65. The van der Waals surface area contributed by atoms with Gasteiger partial charge >= 0.3 is 0 Å². The molecule has 0 aliphatic carbocycles. The van der Waals surface area contributed by atoms with E-state index in [-0.39, 0.29) is 5.56 Å². The zero-order valence-corrected chi connectivity index (χ0v) is 13.8. The maximum atomic E-state index is 13.8. The number of halogens is 2. The van der Waals surface area contributed by atoms with Crippen LogP contribution in [-0.4, -0.2) is 14.7 Å². The van der Waals surface area contributed by atoms with Crippen molar-refractivity contribution >= 4 is 21.4 Å². The van der Waals surface area contributed by atoms with Gasteiger partial charge in [0.05, 0.1) is 18.0 Å². The molecular formula is C16H18F2N2O2S. The average molecular weight is 340 g/mol. The number of aryl methyl sites for hydroxylation is 1. The van der Waals surface area contributed by atoms with E-state index >= 15 is 0 Å². The molecule has 7 heteroatoms. The van der Waals surface area contributed by atoms with Crippen LogP contribution in [0.1, 0.15) is 24.1 Å². The fourth-order valence-electron chi connectivity index (χ4n) is 2.27. The third kappa shape index (κ3) is 4.41. The Labute approximate surface area is 134 Å². The van der Waals surface area contributed by atoms with E-state index in [0.717, 1.165) is 11.8 Å². The number of hydrogen-bond donors (Lipinski definition) is 2. The van der Waals surface area contributed by atoms with Gasteiger partial charge in [0.25, 0.3) is 0 Å². The van der Waals surface area contributed by atoms with Crippen molar-refractivity contribution in [1.29, 1.82) is 0 Å². The van der Waals surface area contributed by atoms with Gasteiger partial charge in [0, 0.05) is 11.3 Å². The lowest BCUT2D eigenvalue weighted by Crippen LogP contribution is -2.13. The summed E-state index contributed by atoms with van der Waals surface area (Å²) in [6.45, 7) is 3.39. The van der Waals surface area contributed by atoms with Gasteiger partial charge in [-0.15, -0.1) is 0 Å². The summed E-state index contributed by atoms with van der Waals surface area (Å²) in [5.74, 6) is -1.27. The molecule has 0 amide bonds. The van der Waals surface area contributed by atoms with Crippen LogP contribution in [0.25, 0.3) is 0 Å². The van der Waals surface area contributed by atoms with E-state index in [0.29, 0.717) is 11.4 Å². The van der Waals surface area contributed by atoms with E-state index in [2.05, 4.69) is 10.0 Å². The van der Waals surface area contributed by atoms with E-state index in [1.165, 1.54) is 18.2 Å². The fraction of sp³-hybridized carbons (Fsp3) is 0.250. The predicted molar refractivity (Wildman–Crippen MR) is 88.0 cm³/mol. The molecule has 2 N–H and O–H groups in total. The zero-order chi connectivity index (χ0) is 17.2. The first kappa shape index (κ1) is 17.2. The summed E-state index contributed by atoms with van der Waals surface area (Å²) in [7, 11) is -3.41. The summed E-state index contributed by atoms with van der Waals surface area (Å²) in [6, 6.07) is 8.11. The fourth-order valence-corrected chi connectivity index (χ4v) is 2.89. The molecule has 2 aromatic carbocycles. The molecule has 4 nitrogen and oxygen atoms in total. The van der Waals surface area contributed by atoms with Gasteiger partial charge in [-0.25, -0.2) is 17.2 Å². The normalized spacial score (nSPS) is 12.7. The summed E-state index contributed by atoms with van der Waals surface area (Å²) in [4.78, 5) is 0. The Balaban J connectivity index is 2.28. The highest BCUT2D eigenvalue weighted by Gasteiger charge is 2.16. The highest BCUT2D eigenvalue weighted by molar-refractivity contribution is 7.92. The largest absolute Gasteiger partial charge is 0.378 e. The first-order valence-electron chi connectivity index (χ1n) is 6.96. The topological polar surface area (TPSA) is 58.2 Å². The highest BCUT2D eigenvalue weighted by Crippen LogP contribution is 2.27. The zero-order valence-electron chi connectivity index (χ0n) is 13.0. The second-order valence-corrected chi connectivity index (χ2v) is 7.15. The number of anilines is 2. The summed E-state index contributed by atoms with van der Waals surface area (Å²) >= 11 is 0. The number of nitrogens with one attached hydrogen (secondary N) is 2. The third-order valence-corrected chi connectivity index (χ3v) is 3.94. The molecule has 0 aromatic heterocycles. The van der Waals surface area contributed by atoms with Crippen molar-refractivity contribution in [3.8, 4) is 0 Å². The lowest BCUT2D eigenvalue weighted by Gasteiger charge is -2.18. The van der Waals surface area contributed by atoms with Gasteiger partial charge in [-0.3, -0.25) is 4.72 Å². The van der Waals surface area contributed by atoms with E-state index in [9.17, 15) is 17.2 Å². The van der Waals surface area contributed by atoms with Crippen molar-refractivity contribution in [3.05, 3.63) is 59.2 Å². The van der Waals surface area contributed by atoms with Crippen LogP contribution in [-0.2, 0) is 10.0 Å². The Hall–Kier alpha value is -2.15. The van der Waals surface area contributed by atoms with Crippen molar-refractivity contribution in [2.24, 2.45) is 0 Å². The molecule has 0 bridgehead atoms. The molecule has 0 aliphatic heterocycles. The Morgan fingerprint density at radius 3 is 2.26 bits per heavy atom. The number of hydrogen-bond acceptors (Lipinski definition) is 3. The lowest BCUT2D eigenvalue weighted by atomic mass is 10.1. The van der Waals surface area contributed by atoms with Gasteiger partial charge in [-0.2, -0.15) is 0 Å². The van der Waals surface area contributed by atoms with Crippen LogP contribution in [0.15, 0.2) is 36.4 Å². The molecule has 0 saturated heterocycles. The van der Waals surface area contributed by atoms with Crippen LogP contribution in [0, 0.1) is 18.6 Å². The SMILES string of the molecule is Cc1ccc(N[C@H](C)c2c(F)cccc2F)cc1NS(C)(=O)=O. The van der Waals surface area contributed by atoms with Crippen LogP contribution in [0.4, 0.5) is 20.2 Å². The highest BCUT2D eigenvalue weighted by atomic mass is 32.2. The molecule has 0 saturated carbocycles. The first-order chi connectivity index (χ1) is 10.7. The molecule has 0 fully saturated rings. The average Bonchev–Trinajstić information content (AvgIpc) is 2.41. The van der Waals surface area contributed by atoms with Gasteiger partial charge < -0.3 is 5.32 Å². The van der Waals surface area contributed by atoms with Crippen LogP contribution in [0.2, 0.25) is 0 Å². The molecule has 1 atom stereocenters. The Bertz CT molecular complexity index is 803. The van der Waals surface area contributed by atoms with Crippen LogP contribution >= 0.6 is 0 Å². The van der Waals surface area contributed by atoms with Crippen LogP contribution < -0.4 is 10.0 Å². The van der Waals surface area contributed by atoms with Gasteiger partial charge in [-0.05, 0) is 43.7 Å². The number of benzene rings is 2. The molecule has 124 valence electrons. The van der Waals surface area contributed by atoms with Crippen LogP contribution in [0.3, 0.4) is 0 Å². The second-order valence-electron chi connectivity index (χ2n) is 5.41. The third-order valence-electron chi connectivity index (χ3n) is 3.35. The van der Waals surface area contributed by atoms with E-state index in [1.807, 2.05) is 0 Å². The summed E-state index contributed by atoms with van der Waals surface area (Å²) < 4.78 is 52.7. The minimum absolute atomic E-state index is 0.0642. The second kappa shape index (κ2) is 6.54. The molecule has 2 aromatic rings. The minimum Gasteiger partial charge on any atom is -0.378 e. The number of sulfonamides is 1. The Morgan fingerprint density at radius 1 is 1.09 bits per heavy atom. The molecule has 0 aliphatic rings. The smallest absolute Gasteiger partial charge is 0.229 e. The lowest BCUT2D eigenvalue weighted by molar-refractivity contribution is 0.544. The van der Waals surface area contributed by atoms with Crippen molar-refractivity contribution in [2.45, 2.75) is 19.9 Å².